The van der Waals surface area contributed by atoms with Crippen LogP contribution in [0.1, 0.15) is 16.1 Å². The molecule has 0 bridgehead atoms. The van der Waals surface area contributed by atoms with Crippen LogP contribution in [0.15, 0.2) is 43.0 Å². The van der Waals surface area contributed by atoms with Gasteiger partial charge < -0.3 is 30.9 Å². The van der Waals surface area contributed by atoms with Crippen LogP contribution < -0.4 is 16.0 Å². The number of halogens is 4. The summed E-state index contributed by atoms with van der Waals surface area (Å²) in [6, 6.07) is 4.70. The van der Waals surface area contributed by atoms with E-state index in [2.05, 4.69) is 36.1 Å². The third-order valence-electron chi connectivity index (χ3n) is 7.34. The molecule has 0 unspecified atom stereocenters. The Kier molecular flexibility index (Phi) is 9.38. The number of piperazine rings is 1. The molecule has 238 valence electrons. The second-order valence-corrected chi connectivity index (χ2v) is 10.6. The van der Waals surface area contributed by atoms with Crippen molar-refractivity contribution in [2.24, 2.45) is 5.92 Å². The number of alkyl halides is 3. The van der Waals surface area contributed by atoms with Crippen LogP contribution in [0.4, 0.5) is 29.5 Å². The zero-order valence-electron chi connectivity index (χ0n) is 23.5. The Morgan fingerprint density at radius 3 is 2.49 bits per heavy atom. The van der Waals surface area contributed by atoms with E-state index >= 15 is 0 Å². The molecule has 0 saturated carbocycles. The Balaban J connectivity index is 0.00000128. The molecule has 5 heterocycles. The van der Waals surface area contributed by atoms with Crippen LogP contribution in [0, 0.1) is 5.92 Å². The molecule has 0 radical (unpaired) electrons. The number of benzene rings is 1. The molecule has 14 nitrogen and oxygen atoms in total. The highest BCUT2D eigenvalue weighted by Gasteiger charge is 2.37. The minimum atomic E-state index is -4.64. The number of imidazole rings is 1. The van der Waals surface area contributed by atoms with Crippen LogP contribution in [0.5, 0.6) is 0 Å². The Morgan fingerprint density at radius 1 is 1.13 bits per heavy atom. The summed E-state index contributed by atoms with van der Waals surface area (Å²) in [4.78, 5) is 45.9. The number of amides is 3. The number of nitrogens with one attached hydrogen (secondary N) is 4. The molecule has 0 spiro atoms. The van der Waals surface area contributed by atoms with Gasteiger partial charge >= 0.3 is 12.2 Å². The molecule has 2 aliphatic rings. The molecule has 45 heavy (non-hydrogen) atoms. The average molecular weight is 649 g/mol. The molecule has 1 aromatic carbocycles. The van der Waals surface area contributed by atoms with Crippen molar-refractivity contribution in [3.05, 3.63) is 59.3 Å². The molecule has 2 saturated heterocycles. The second kappa shape index (κ2) is 13.4. The minimum Gasteiger partial charge on any atom is -0.483 e. The highest BCUT2D eigenvalue weighted by atomic mass is 35.5. The lowest BCUT2D eigenvalue weighted by atomic mass is 10.0. The Bertz CT molecular complexity index is 1680. The standard InChI is InChI=1S/C26H26ClF3N10O2.CH2O2/c27-19-9-16(1-2-17(19)24(41)38-5-7-39(8-6-38)25(42)34-12-15-10-31-11-15)36-22-23-33-14-20(40(23)4-3-32-22)18-13-35-37-21(18)26(28,29)30;2-1-3/h1-4,9,13-15,31H,5-8,10-12H2,(H,32,36)(H,34,42)(H,35,37);1H,(H,2,3). The van der Waals surface area contributed by atoms with Crippen molar-refractivity contribution in [1.29, 1.82) is 0 Å². The van der Waals surface area contributed by atoms with Crippen molar-refractivity contribution >= 4 is 47.2 Å². The van der Waals surface area contributed by atoms with E-state index in [0.29, 0.717) is 49.9 Å². The Morgan fingerprint density at radius 2 is 1.84 bits per heavy atom. The van der Waals surface area contributed by atoms with Crippen molar-refractivity contribution in [2.45, 2.75) is 6.18 Å². The number of urea groups is 1. The predicted octanol–water partition coefficient (Wildman–Crippen LogP) is 2.92. The summed E-state index contributed by atoms with van der Waals surface area (Å²) in [5.41, 5.74) is 0.0866. The van der Waals surface area contributed by atoms with Crippen molar-refractivity contribution in [1.82, 2.24) is 45.0 Å². The van der Waals surface area contributed by atoms with Crippen molar-refractivity contribution < 1.29 is 32.7 Å². The monoisotopic (exact) mass is 648 g/mol. The molecule has 2 fully saturated rings. The number of hydrogen-bond donors (Lipinski definition) is 5. The van der Waals surface area contributed by atoms with E-state index in [0.717, 1.165) is 19.3 Å². The number of rotatable bonds is 6. The number of nitrogens with zero attached hydrogens (tertiary/aromatic N) is 6. The summed E-state index contributed by atoms with van der Waals surface area (Å²) in [5.74, 6) is 0.496. The fourth-order valence-electron chi connectivity index (χ4n) is 4.93. The van der Waals surface area contributed by atoms with Gasteiger partial charge in [-0.05, 0) is 18.2 Å². The van der Waals surface area contributed by atoms with Crippen LogP contribution in [0.25, 0.3) is 16.9 Å². The van der Waals surface area contributed by atoms with Crippen LogP contribution in [0.3, 0.4) is 0 Å². The molecule has 6 rings (SSSR count). The first-order valence-corrected chi connectivity index (χ1v) is 14.1. The van der Waals surface area contributed by atoms with Crippen LogP contribution in [0.2, 0.25) is 5.02 Å². The maximum atomic E-state index is 13.4. The van der Waals surface area contributed by atoms with Crippen molar-refractivity contribution in [3.8, 4) is 11.3 Å². The van der Waals surface area contributed by atoms with Gasteiger partial charge in [0.25, 0.3) is 12.4 Å². The Hall–Kier alpha value is -4.90. The number of carboxylic acid groups (broad SMARTS) is 1. The zero-order valence-corrected chi connectivity index (χ0v) is 24.3. The van der Waals surface area contributed by atoms with E-state index in [1.54, 1.807) is 28.0 Å². The number of aromatic nitrogens is 5. The average Bonchev–Trinajstić information content (AvgIpc) is 3.65. The molecule has 4 aromatic rings. The van der Waals surface area contributed by atoms with E-state index in [4.69, 9.17) is 21.5 Å². The van der Waals surface area contributed by atoms with Crippen molar-refractivity contribution in [2.75, 3.05) is 51.1 Å². The minimum absolute atomic E-state index is 0.124. The van der Waals surface area contributed by atoms with Crippen molar-refractivity contribution in [3.63, 3.8) is 0 Å². The third-order valence-corrected chi connectivity index (χ3v) is 7.65. The highest BCUT2D eigenvalue weighted by Crippen LogP contribution is 2.36. The topological polar surface area (TPSA) is 173 Å². The Labute approximate surface area is 258 Å². The predicted molar refractivity (Wildman–Crippen MR) is 156 cm³/mol. The molecular formula is C27H28ClF3N10O4. The van der Waals surface area contributed by atoms with Gasteiger partial charge in [0, 0.05) is 76.0 Å². The fraction of sp³-hybridized carbons (Fsp3) is 0.333. The number of hydrogen-bond acceptors (Lipinski definition) is 8. The van der Waals surface area contributed by atoms with E-state index in [1.807, 2.05) is 0 Å². The summed E-state index contributed by atoms with van der Waals surface area (Å²) < 4.78 is 41.7. The van der Waals surface area contributed by atoms with Crippen LogP contribution in [-0.2, 0) is 11.0 Å². The van der Waals surface area contributed by atoms with E-state index in [9.17, 15) is 22.8 Å². The van der Waals surface area contributed by atoms with Gasteiger partial charge in [-0.1, -0.05) is 11.6 Å². The zero-order chi connectivity index (χ0) is 32.1. The van der Waals surface area contributed by atoms with Gasteiger partial charge in [-0.15, -0.1) is 0 Å². The summed E-state index contributed by atoms with van der Waals surface area (Å²) in [6.07, 6.45) is 0.765. The fourth-order valence-corrected chi connectivity index (χ4v) is 5.19. The largest absolute Gasteiger partial charge is 0.483 e. The lowest BCUT2D eigenvalue weighted by Gasteiger charge is -2.35. The molecule has 2 aliphatic heterocycles. The number of aromatic amines is 1. The number of fused-ring (bicyclic) bond motifs is 1. The van der Waals surface area contributed by atoms with Gasteiger partial charge in [-0.3, -0.25) is 19.1 Å². The maximum absolute atomic E-state index is 13.4. The second-order valence-electron chi connectivity index (χ2n) is 10.2. The number of H-pyrrole nitrogens is 1. The normalized spacial score (nSPS) is 15.2. The van der Waals surface area contributed by atoms with E-state index in [-0.39, 0.29) is 46.2 Å². The summed E-state index contributed by atoms with van der Waals surface area (Å²) >= 11 is 6.50. The molecule has 18 heteroatoms. The quantitative estimate of drug-likeness (QED) is 0.197. The van der Waals surface area contributed by atoms with E-state index in [1.165, 1.54) is 23.0 Å². The van der Waals surface area contributed by atoms with Gasteiger partial charge in [0.2, 0.25) is 0 Å². The molecule has 3 amide bonds. The van der Waals surface area contributed by atoms with Gasteiger partial charge in [-0.25, -0.2) is 14.8 Å². The summed E-state index contributed by atoms with van der Waals surface area (Å²) in [5, 5.41) is 21.9. The van der Waals surface area contributed by atoms with Gasteiger partial charge in [0.15, 0.2) is 17.2 Å². The number of anilines is 2. The summed E-state index contributed by atoms with van der Waals surface area (Å²) in [6.45, 7) is 3.81. The highest BCUT2D eigenvalue weighted by molar-refractivity contribution is 6.34. The first-order chi connectivity index (χ1) is 21.6. The summed E-state index contributed by atoms with van der Waals surface area (Å²) in [7, 11) is 0. The van der Waals surface area contributed by atoms with Gasteiger partial charge in [-0.2, -0.15) is 18.3 Å². The first-order valence-electron chi connectivity index (χ1n) is 13.7. The van der Waals surface area contributed by atoms with Gasteiger partial charge in [0.05, 0.1) is 28.0 Å². The maximum Gasteiger partial charge on any atom is 0.435 e. The lowest BCUT2D eigenvalue weighted by molar-refractivity contribution is -0.140. The third kappa shape index (κ3) is 6.93. The smallest absolute Gasteiger partial charge is 0.435 e. The molecule has 3 aromatic heterocycles. The van der Waals surface area contributed by atoms with E-state index < -0.39 is 11.9 Å². The molecular weight excluding hydrogens is 621 g/mol. The number of carbonyl (C=O) groups excluding carboxylic acids is 2. The lowest BCUT2D eigenvalue weighted by Crippen LogP contribution is -2.55. The molecule has 0 atom stereocenters. The van der Waals surface area contributed by atoms with Crippen LogP contribution >= 0.6 is 11.6 Å². The SMILES string of the molecule is O=C(NCC1CNC1)N1CCN(C(=O)c2ccc(Nc3nccn4c(-c5c[nH]nc5C(F)(F)F)cnc34)cc2Cl)CC1.O=CO. The molecule has 5 N–H and O–H groups in total. The first kappa shape index (κ1) is 31.5. The molecule has 0 aliphatic carbocycles. The number of carbonyl (C=O) groups is 3. The van der Waals surface area contributed by atoms with Gasteiger partial charge in [0.1, 0.15) is 0 Å². The van der Waals surface area contributed by atoms with Crippen LogP contribution in [-0.4, -0.2) is 104 Å².